The van der Waals surface area contributed by atoms with Crippen LogP contribution in [0.15, 0.2) is 54.6 Å². The quantitative estimate of drug-likeness (QED) is 0.844. The summed E-state index contributed by atoms with van der Waals surface area (Å²) in [5.74, 6) is 1.41. The van der Waals surface area contributed by atoms with E-state index in [9.17, 15) is 0 Å². The molecule has 118 valence electrons. The van der Waals surface area contributed by atoms with Gasteiger partial charge in [-0.05, 0) is 41.6 Å². The lowest BCUT2D eigenvalue weighted by molar-refractivity contribution is 0.354. The van der Waals surface area contributed by atoms with Crippen LogP contribution in [0.25, 0.3) is 5.70 Å². The van der Waals surface area contributed by atoms with Crippen LogP contribution in [0.1, 0.15) is 17.2 Å². The molecule has 1 atom stereocenters. The number of methoxy groups -OCH3 is 2. The van der Waals surface area contributed by atoms with Crippen molar-refractivity contribution in [3.8, 4) is 11.5 Å². The summed E-state index contributed by atoms with van der Waals surface area (Å²) in [6, 6.07) is 16.0. The van der Waals surface area contributed by atoms with Crippen LogP contribution in [0, 0.1) is 0 Å². The Hall–Kier alpha value is -2.53. The van der Waals surface area contributed by atoms with E-state index in [4.69, 9.17) is 21.7 Å². The zero-order valence-corrected chi connectivity index (χ0v) is 13.8. The Morgan fingerprint density at radius 2 is 1.70 bits per heavy atom. The molecule has 0 spiro atoms. The zero-order chi connectivity index (χ0) is 16.2. The molecule has 2 N–H and O–H groups in total. The maximum atomic E-state index is 5.38. The third-order valence-corrected chi connectivity index (χ3v) is 3.94. The van der Waals surface area contributed by atoms with Crippen molar-refractivity contribution in [3.63, 3.8) is 0 Å². The van der Waals surface area contributed by atoms with Gasteiger partial charge in [-0.25, -0.2) is 0 Å². The Morgan fingerprint density at radius 1 is 0.957 bits per heavy atom. The van der Waals surface area contributed by atoms with E-state index in [0.717, 1.165) is 16.8 Å². The summed E-state index contributed by atoms with van der Waals surface area (Å²) in [4.78, 5) is 0. The van der Waals surface area contributed by atoms with E-state index >= 15 is 0 Å². The second-order valence-electron chi connectivity index (χ2n) is 5.14. The van der Waals surface area contributed by atoms with Gasteiger partial charge in [-0.15, -0.1) is 0 Å². The van der Waals surface area contributed by atoms with Gasteiger partial charge in [0.15, 0.2) is 16.6 Å². The topological polar surface area (TPSA) is 42.5 Å². The molecule has 0 amide bonds. The van der Waals surface area contributed by atoms with Gasteiger partial charge in [-0.2, -0.15) is 0 Å². The van der Waals surface area contributed by atoms with Gasteiger partial charge < -0.3 is 20.1 Å². The van der Waals surface area contributed by atoms with Crippen molar-refractivity contribution in [1.29, 1.82) is 0 Å². The molecule has 1 unspecified atom stereocenters. The van der Waals surface area contributed by atoms with Crippen LogP contribution < -0.4 is 20.1 Å². The van der Waals surface area contributed by atoms with Crippen molar-refractivity contribution in [2.45, 2.75) is 6.04 Å². The molecule has 23 heavy (non-hydrogen) atoms. The van der Waals surface area contributed by atoms with Crippen LogP contribution in [0.5, 0.6) is 11.5 Å². The number of thiocarbonyl (C=S) groups is 1. The van der Waals surface area contributed by atoms with Crippen LogP contribution in [0.2, 0.25) is 0 Å². The standard InChI is InChI=1S/C18H18N2O2S/c1-21-16-9-8-13(10-17(16)22-2)15-11-14(19-18(23)20-15)12-6-4-3-5-7-12/h3-11,15H,1-2H3,(H2,19,20,23). The molecule has 1 heterocycles. The summed E-state index contributed by atoms with van der Waals surface area (Å²) in [5, 5.41) is 7.08. The van der Waals surface area contributed by atoms with Gasteiger partial charge >= 0.3 is 0 Å². The molecular formula is C18H18N2O2S. The van der Waals surface area contributed by atoms with Gasteiger partial charge in [0.1, 0.15) is 0 Å². The Balaban J connectivity index is 1.97. The lowest BCUT2D eigenvalue weighted by atomic mass is 10.0. The molecule has 0 saturated heterocycles. The smallest absolute Gasteiger partial charge is 0.171 e. The molecule has 0 fully saturated rings. The lowest BCUT2D eigenvalue weighted by Gasteiger charge is -2.26. The minimum absolute atomic E-state index is 0.0289. The molecule has 1 aliphatic heterocycles. The molecule has 5 heteroatoms. The first-order valence-corrected chi connectivity index (χ1v) is 7.69. The van der Waals surface area contributed by atoms with Gasteiger partial charge in [0.05, 0.1) is 20.3 Å². The molecule has 4 nitrogen and oxygen atoms in total. The van der Waals surface area contributed by atoms with E-state index in [1.54, 1.807) is 14.2 Å². The van der Waals surface area contributed by atoms with Gasteiger partial charge in [0.25, 0.3) is 0 Å². The summed E-state index contributed by atoms with van der Waals surface area (Å²) in [6.45, 7) is 0. The van der Waals surface area contributed by atoms with Crippen LogP contribution in [-0.2, 0) is 0 Å². The molecule has 0 aromatic heterocycles. The van der Waals surface area contributed by atoms with Gasteiger partial charge in [0.2, 0.25) is 0 Å². The van der Waals surface area contributed by atoms with Crippen molar-refractivity contribution in [2.24, 2.45) is 0 Å². The van der Waals surface area contributed by atoms with Crippen molar-refractivity contribution >= 4 is 23.0 Å². The first-order valence-electron chi connectivity index (χ1n) is 7.28. The minimum Gasteiger partial charge on any atom is -0.493 e. The number of hydrogen-bond acceptors (Lipinski definition) is 3. The molecule has 0 saturated carbocycles. The fraction of sp³-hybridized carbons (Fsp3) is 0.167. The largest absolute Gasteiger partial charge is 0.493 e. The zero-order valence-electron chi connectivity index (χ0n) is 13.0. The number of nitrogens with one attached hydrogen (secondary N) is 2. The fourth-order valence-corrected chi connectivity index (χ4v) is 2.80. The maximum Gasteiger partial charge on any atom is 0.171 e. The highest BCUT2D eigenvalue weighted by Crippen LogP contribution is 2.32. The summed E-state index contributed by atoms with van der Waals surface area (Å²) >= 11 is 5.35. The van der Waals surface area contributed by atoms with Crippen LogP contribution in [0.4, 0.5) is 0 Å². The van der Waals surface area contributed by atoms with Crippen molar-refractivity contribution in [2.75, 3.05) is 14.2 Å². The van der Waals surface area contributed by atoms with Crippen molar-refractivity contribution < 1.29 is 9.47 Å². The highest BCUT2D eigenvalue weighted by Gasteiger charge is 2.19. The van der Waals surface area contributed by atoms with Crippen molar-refractivity contribution in [1.82, 2.24) is 10.6 Å². The molecule has 1 aliphatic rings. The molecule has 0 radical (unpaired) electrons. The average Bonchev–Trinajstić information content (AvgIpc) is 2.61. The Bertz CT molecular complexity index is 744. The highest BCUT2D eigenvalue weighted by molar-refractivity contribution is 7.80. The molecule has 0 aliphatic carbocycles. The summed E-state index contributed by atoms with van der Waals surface area (Å²) in [6.07, 6.45) is 2.12. The predicted octanol–water partition coefficient (Wildman–Crippen LogP) is 3.26. The van der Waals surface area contributed by atoms with E-state index in [1.165, 1.54) is 0 Å². The summed E-state index contributed by atoms with van der Waals surface area (Å²) < 4.78 is 10.7. The monoisotopic (exact) mass is 326 g/mol. The minimum atomic E-state index is -0.0289. The molecule has 0 bridgehead atoms. The third kappa shape index (κ3) is 3.29. The normalized spacial score (nSPS) is 16.9. The second kappa shape index (κ2) is 6.71. The third-order valence-electron chi connectivity index (χ3n) is 3.72. The number of benzene rings is 2. The van der Waals surface area contributed by atoms with E-state index in [2.05, 4.69) is 28.8 Å². The van der Waals surface area contributed by atoms with E-state index in [-0.39, 0.29) is 6.04 Å². The number of hydrogen-bond donors (Lipinski definition) is 2. The lowest BCUT2D eigenvalue weighted by Crippen LogP contribution is -2.40. The Kier molecular flexibility index (Phi) is 4.48. The molecular weight excluding hydrogens is 308 g/mol. The summed E-state index contributed by atoms with van der Waals surface area (Å²) in [5.41, 5.74) is 3.15. The predicted molar refractivity (Wildman–Crippen MR) is 95.6 cm³/mol. The Morgan fingerprint density at radius 3 is 2.39 bits per heavy atom. The maximum absolute atomic E-state index is 5.38. The second-order valence-corrected chi connectivity index (χ2v) is 5.55. The number of ether oxygens (including phenoxy) is 2. The van der Waals surface area contributed by atoms with Crippen molar-refractivity contribution in [3.05, 3.63) is 65.7 Å². The fourth-order valence-electron chi connectivity index (χ4n) is 2.56. The summed E-state index contributed by atoms with van der Waals surface area (Å²) in [7, 11) is 3.26. The first-order chi connectivity index (χ1) is 11.2. The first kappa shape index (κ1) is 15.4. The molecule has 2 aromatic carbocycles. The van der Waals surface area contributed by atoms with E-state index in [1.807, 2.05) is 36.4 Å². The van der Waals surface area contributed by atoms with Crippen LogP contribution in [0.3, 0.4) is 0 Å². The van der Waals surface area contributed by atoms with E-state index < -0.39 is 0 Å². The van der Waals surface area contributed by atoms with Gasteiger partial charge in [-0.1, -0.05) is 36.4 Å². The SMILES string of the molecule is COc1ccc(C2C=C(c3ccccc3)NC(=S)N2)cc1OC. The Labute approximate surface area is 141 Å². The number of rotatable bonds is 4. The average molecular weight is 326 g/mol. The van der Waals surface area contributed by atoms with Crippen LogP contribution >= 0.6 is 12.2 Å². The van der Waals surface area contributed by atoms with Gasteiger partial charge in [-0.3, -0.25) is 0 Å². The van der Waals surface area contributed by atoms with E-state index in [0.29, 0.717) is 16.6 Å². The highest BCUT2D eigenvalue weighted by atomic mass is 32.1. The van der Waals surface area contributed by atoms with Crippen LogP contribution in [-0.4, -0.2) is 19.3 Å². The van der Waals surface area contributed by atoms with Gasteiger partial charge in [0, 0.05) is 5.70 Å². The molecule has 3 rings (SSSR count). The molecule has 2 aromatic rings.